The van der Waals surface area contributed by atoms with Crippen LogP contribution in [-0.2, 0) is 29.5 Å². The molecule has 7 heteroatoms. The summed E-state index contributed by atoms with van der Waals surface area (Å²) in [6.45, 7) is 15.1. The first kappa shape index (κ1) is 29.4. The third-order valence-corrected chi connectivity index (χ3v) is 6.05. The van der Waals surface area contributed by atoms with Crippen molar-refractivity contribution in [1.82, 2.24) is 10.2 Å². The summed E-state index contributed by atoms with van der Waals surface area (Å²) >= 11 is 0. The number of amides is 2. The normalized spacial score (nSPS) is 15.8. The third-order valence-electron chi connectivity index (χ3n) is 6.05. The van der Waals surface area contributed by atoms with Gasteiger partial charge in [-0.15, -0.1) is 0 Å². The summed E-state index contributed by atoms with van der Waals surface area (Å²) in [6.07, 6.45) is 1.76. The summed E-state index contributed by atoms with van der Waals surface area (Å²) in [5, 5.41) is 2.95. The minimum absolute atomic E-state index is 0.0307. The first-order valence-electron chi connectivity index (χ1n) is 11.7. The number of nitrogens with one attached hydrogen (secondary N) is 1. The van der Waals surface area contributed by atoms with E-state index in [4.69, 9.17) is 9.47 Å². The Bertz CT molecular complexity index is 873. The molecule has 0 spiro atoms. The molecule has 7 nitrogen and oxygen atoms in total. The number of esters is 1. The average Bonchev–Trinajstić information content (AvgIpc) is 2.78. The molecule has 1 unspecified atom stereocenters. The lowest BCUT2D eigenvalue weighted by atomic mass is 9.84. The van der Waals surface area contributed by atoms with E-state index < -0.39 is 28.9 Å². The van der Waals surface area contributed by atoms with Gasteiger partial charge >= 0.3 is 5.97 Å². The maximum Gasteiger partial charge on any atom is 0.333 e. The molecule has 0 saturated carbocycles. The predicted octanol–water partition coefficient (Wildman–Crippen LogP) is 4.07. The number of hydrogen-bond donors (Lipinski definition) is 1. The van der Waals surface area contributed by atoms with Crippen LogP contribution in [0.15, 0.2) is 42.0 Å². The van der Waals surface area contributed by atoms with Crippen molar-refractivity contribution in [3.63, 3.8) is 0 Å². The van der Waals surface area contributed by atoms with Crippen LogP contribution in [0.2, 0.25) is 0 Å². The van der Waals surface area contributed by atoms with E-state index in [1.165, 1.54) is 7.11 Å². The fraction of sp³-hybridized carbons (Fsp3) is 0.593. The summed E-state index contributed by atoms with van der Waals surface area (Å²) in [7, 11) is 3.17. The van der Waals surface area contributed by atoms with Gasteiger partial charge in [0.15, 0.2) is 5.60 Å². The highest BCUT2D eigenvalue weighted by atomic mass is 16.5. The Labute approximate surface area is 204 Å². The quantitative estimate of drug-likeness (QED) is 0.408. The van der Waals surface area contributed by atoms with Crippen molar-refractivity contribution >= 4 is 17.8 Å². The van der Waals surface area contributed by atoms with E-state index in [1.54, 1.807) is 38.8 Å². The van der Waals surface area contributed by atoms with Crippen molar-refractivity contribution in [2.45, 2.75) is 73.1 Å². The second kappa shape index (κ2) is 12.2. The van der Waals surface area contributed by atoms with E-state index in [2.05, 4.69) is 5.32 Å². The minimum Gasteiger partial charge on any atom is -0.463 e. The molecule has 1 rings (SSSR count). The Kier molecular flexibility index (Phi) is 10.5. The van der Waals surface area contributed by atoms with Gasteiger partial charge in [0.25, 0.3) is 5.91 Å². The molecule has 1 N–H and O–H groups in total. The average molecular weight is 475 g/mol. The molecule has 1 aromatic rings. The zero-order valence-corrected chi connectivity index (χ0v) is 22.4. The van der Waals surface area contributed by atoms with E-state index >= 15 is 0 Å². The molecule has 0 fully saturated rings. The number of benzene rings is 1. The molecule has 0 aliphatic rings. The van der Waals surface area contributed by atoms with Gasteiger partial charge in [-0.2, -0.15) is 0 Å². The molecule has 0 heterocycles. The SMILES string of the molecule is CCOC(=O)/C(C)=C/[C@H](C(C)C)N(C)C(=O)[C@@H](NC(=O)C(C)(OC)c1ccccc1)C(C)(C)C. The molecular weight excluding hydrogens is 432 g/mol. The van der Waals surface area contributed by atoms with Crippen molar-refractivity contribution in [1.29, 1.82) is 0 Å². The lowest BCUT2D eigenvalue weighted by molar-refractivity contribution is -0.149. The van der Waals surface area contributed by atoms with E-state index in [9.17, 15) is 14.4 Å². The first-order chi connectivity index (χ1) is 15.7. The zero-order chi connectivity index (χ0) is 26.3. The van der Waals surface area contributed by atoms with Crippen LogP contribution in [0.1, 0.15) is 61.0 Å². The fourth-order valence-corrected chi connectivity index (χ4v) is 3.69. The van der Waals surface area contributed by atoms with Gasteiger partial charge in [0.05, 0.1) is 12.6 Å². The van der Waals surface area contributed by atoms with E-state index in [0.717, 1.165) is 0 Å². The lowest BCUT2D eigenvalue weighted by Gasteiger charge is -2.39. The predicted molar refractivity (Wildman–Crippen MR) is 134 cm³/mol. The van der Waals surface area contributed by atoms with Gasteiger partial charge < -0.3 is 19.7 Å². The van der Waals surface area contributed by atoms with Crippen LogP contribution in [0, 0.1) is 11.3 Å². The second-order valence-electron chi connectivity index (χ2n) is 10.1. The van der Waals surface area contributed by atoms with Crippen LogP contribution >= 0.6 is 0 Å². The van der Waals surface area contributed by atoms with Gasteiger partial charge in [0.2, 0.25) is 5.91 Å². The number of hydrogen-bond acceptors (Lipinski definition) is 5. The summed E-state index contributed by atoms with van der Waals surface area (Å²) in [5.41, 5.74) is -0.709. The Balaban J connectivity index is 3.29. The molecule has 34 heavy (non-hydrogen) atoms. The molecule has 1 aromatic carbocycles. The summed E-state index contributed by atoms with van der Waals surface area (Å²) in [5.74, 6) is -1.03. The van der Waals surface area contributed by atoms with Gasteiger partial charge in [-0.3, -0.25) is 9.59 Å². The fourth-order valence-electron chi connectivity index (χ4n) is 3.69. The molecule has 0 saturated heterocycles. The standard InChI is InChI=1S/C27H42N2O5/c1-11-34-24(31)19(4)17-21(18(2)3)29(9)23(30)22(26(5,6)7)28-25(32)27(8,33-10)20-15-13-12-14-16-20/h12-18,21-22H,11H2,1-10H3,(H,28,32)/b19-17+/t21-,22-,27?/m1/s1. The Morgan fingerprint density at radius 3 is 2.09 bits per heavy atom. The van der Waals surface area contributed by atoms with Crippen LogP contribution < -0.4 is 5.32 Å². The largest absolute Gasteiger partial charge is 0.463 e. The maximum atomic E-state index is 13.7. The number of carbonyl (C=O) groups is 3. The molecular formula is C27H42N2O5. The third kappa shape index (κ3) is 7.16. The molecule has 0 aliphatic heterocycles. The minimum atomic E-state index is -1.26. The molecule has 0 aliphatic carbocycles. The van der Waals surface area contributed by atoms with E-state index in [0.29, 0.717) is 11.1 Å². The molecule has 2 amide bonds. The summed E-state index contributed by atoms with van der Waals surface area (Å²) in [4.78, 5) is 40.9. The van der Waals surface area contributed by atoms with Crippen molar-refractivity contribution in [2.75, 3.05) is 20.8 Å². The Morgan fingerprint density at radius 1 is 1.09 bits per heavy atom. The highest BCUT2D eigenvalue weighted by molar-refractivity contribution is 5.93. The number of likely N-dealkylation sites (N-methyl/N-ethyl adjacent to an activating group) is 1. The van der Waals surface area contributed by atoms with E-state index in [1.807, 2.05) is 65.0 Å². The van der Waals surface area contributed by atoms with Gasteiger partial charge in [-0.05, 0) is 37.7 Å². The van der Waals surface area contributed by atoms with Crippen molar-refractivity contribution in [3.05, 3.63) is 47.5 Å². The molecule has 0 radical (unpaired) electrons. The number of methoxy groups -OCH3 is 1. The summed E-state index contributed by atoms with van der Waals surface area (Å²) in [6, 6.07) is 8.01. The van der Waals surface area contributed by atoms with Crippen LogP contribution in [-0.4, -0.2) is 55.5 Å². The number of carbonyl (C=O) groups excluding carboxylic acids is 3. The molecule has 3 atom stereocenters. The number of nitrogens with zero attached hydrogens (tertiary/aromatic N) is 1. The summed E-state index contributed by atoms with van der Waals surface area (Å²) < 4.78 is 10.7. The molecule has 190 valence electrons. The lowest BCUT2D eigenvalue weighted by Crippen LogP contribution is -2.59. The van der Waals surface area contributed by atoms with Crippen molar-refractivity contribution in [2.24, 2.45) is 11.3 Å². The monoisotopic (exact) mass is 474 g/mol. The topological polar surface area (TPSA) is 84.9 Å². The van der Waals surface area contributed by atoms with Crippen LogP contribution in [0.25, 0.3) is 0 Å². The van der Waals surface area contributed by atoms with Crippen LogP contribution in [0.4, 0.5) is 0 Å². The van der Waals surface area contributed by atoms with Crippen molar-refractivity contribution in [3.8, 4) is 0 Å². The second-order valence-corrected chi connectivity index (χ2v) is 10.1. The van der Waals surface area contributed by atoms with Gasteiger partial charge in [-0.25, -0.2) is 4.79 Å². The first-order valence-corrected chi connectivity index (χ1v) is 11.7. The number of ether oxygens (including phenoxy) is 2. The Morgan fingerprint density at radius 2 is 1.65 bits per heavy atom. The number of rotatable bonds is 10. The highest BCUT2D eigenvalue weighted by Crippen LogP contribution is 2.28. The highest BCUT2D eigenvalue weighted by Gasteiger charge is 2.42. The molecule has 0 bridgehead atoms. The smallest absolute Gasteiger partial charge is 0.333 e. The van der Waals surface area contributed by atoms with E-state index in [-0.39, 0.29) is 24.5 Å². The maximum absolute atomic E-state index is 13.7. The van der Waals surface area contributed by atoms with Gasteiger partial charge in [0, 0.05) is 19.7 Å². The van der Waals surface area contributed by atoms with Crippen LogP contribution in [0.5, 0.6) is 0 Å². The van der Waals surface area contributed by atoms with Gasteiger partial charge in [-0.1, -0.05) is 71.0 Å². The van der Waals surface area contributed by atoms with Gasteiger partial charge in [0.1, 0.15) is 6.04 Å². The van der Waals surface area contributed by atoms with Crippen molar-refractivity contribution < 1.29 is 23.9 Å². The molecule has 0 aromatic heterocycles. The van der Waals surface area contributed by atoms with Crippen LogP contribution in [0.3, 0.4) is 0 Å². The Hall–Kier alpha value is -2.67. The zero-order valence-electron chi connectivity index (χ0n) is 22.4.